The van der Waals surface area contributed by atoms with E-state index in [1.807, 2.05) is 0 Å². The first-order valence-corrected chi connectivity index (χ1v) is 3.51. The van der Waals surface area contributed by atoms with Crippen LogP contribution in [0, 0.1) is 28.6 Å². The van der Waals surface area contributed by atoms with Gasteiger partial charge in [-0.25, -0.2) is 0 Å². The molecule has 0 heterocycles. The minimum atomic E-state index is -0.454. The fourth-order valence-electron chi connectivity index (χ4n) is 0.232. The standard InChI is InChI=1S/C4H4N2.C4H8O2/c1-4(2-5)3-6;1-3-6-4(2)5/h4H,1H3;3H2,1-2H3. The summed E-state index contributed by atoms with van der Waals surface area (Å²) in [5.74, 6) is -0.664. The van der Waals surface area contributed by atoms with Crippen molar-refractivity contribution in [3.05, 3.63) is 0 Å². The van der Waals surface area contributed by atoms with E-state index in [0.29, 0.717) is 6.61 Å². The number of nitriles is 2. The fourth-order valence-corrected chi connectivity index (χ4v) is 0.232. The second-order valence-electron chi connectivity index (χ2n) is 1.90. The van der Waals surface area contributed by atoms with Crippen LogP contribution in [0.25, 0.3) is 0 Å². The van der Waals surface area contributed by atoms with E-state index in [1.165, 1.54) is 6.92 Å². The summed E-state index contributed by atoms with van der Waals surface area (Å²) in [6.45, 7) is 5.21. The molecule has 66 valence electrons. The molecule has 0 N–H and O–H groups in total. The van der Waals surface area contributed by atoms with E-state index in [0.717, 1.165) is 0 Å². The summed E-state index contributed by atoms with van der Waals surface area (Å²) in [6, 6.07) is 3.51. The Labute approximate surface area is 72.4 Å². The van der Waals surface area contributed by atoms with E-state index in [1.54, 1.807) is 26.0 Å². The number of ether oxygens (including phenoxy) is 1. The molecule has 0 rings (SSSR count). The van der Waals surface area contributed by atoms with Crippen molar-refractivity contribution in [2.45, 2.75) is 20.8 Å². The van der Waals surface area contributed by atoms with Crippen LogP contribution in [0.3, 0.4) is 0 Å². The van der Waals surface area contributed by atoms with Gasteiger partial charge in [0.1, 0.15) is 5.92 Å². The third-order valence-electron chi connectivity index (χ3n) is 0.735. The summed E-state index contributed by atoms with van der Waals surface area (Å²) >= 11 is 0. The number of hydrogen-bond acceptors (Lipinski definition) is 4. The molecule has 0 atom stereocenters. The molecule has 0 aliphatic carbocycles. The van der Waals surface area contributed by atoms with Gasteiger partial charge in [-0.2, -0.15) is 10.5 Å². The van der Waals surface area contributed by atoms with Gasteiger partial charge < -0.3 is 4.74 Å². The zero-order valence-corrected chi connectivity index (χ0v) is 7.50. The number of nitrogens with zero attached hydrogens (tertiary/aromatic N) is 2. The summed E-state index contributed by atoms with van der Waals surface area (Å²) in [7, 11) is 0. The van der Waals surface area contributed by atoms with E-state index >= 15 is 0 Å². The minimum Gasteiger partial charge on any atom is -0.466 e. The molecule has 0 aromatic carbocycles. The number of hydrogen-bond donors (Lipinski definition) is 0. The van der Waals surface area contributed by atoms with E-state index in [9.17, 15) is 4.79 Å². The van der Waals surface area contributed by atoms with E-state index < -0.39 is 5.92 Å². The third-order valence-corrected chi connectivity index (χ3v) is 0.735. The number of rotatable bonds is 1. The average Bonchev–Trinajstić information content (AvgIpc) is 2.04. The maximum atomic E-state index is 9.82. The molecule has 0 aliphatic heterocycles. The predicted molar refractivity (Wildman–Crippen MR) is 42.7 cm³/mol. The highest BCUT2D eigenvalue weighted by molar-refractivity contribution is 5.65. The lowest BCUT2D eigenvalue weighted by atomic mass is 10.2. The Balaban J connectivity index is 0. The zero-order valence-electron chi connectivity index (χ0n) is 7.50. The Hall–Kier alpha value is -1.55. The van der Waals surface area contributed by atoms with Gasteiger partial charge >= 0.3 is 5.97 Å². The van der Waals surface area contributed by atoms with E-state index in [4.69, 9.17) is 10.5 Å². The summed E-state index contributed by atoms with van der Waals surface area (Å²) < 4.78 is 4.40. The van der Waals surface area contributed by atoms with Crippen molar-refractivity contribution < 1.29 is 9.53 Å². The predicted octanol–water partition coefficient (Wildman–Crippen LogP) is 1.24. The molecule has 4 nitrogen and oxygen atoms in total. The van der Waals surface area contributed by atoms with Crippen LogP contribution < -0.4 is 0 Å². The summed E-state index contributed by atoms with van der Waals surface area (Å²) in [4.78, 5) is 9.82. The maximum absolute atomic E-state index is 9.82. The van der Waals surface area contributed by atoms with Crippen LogP contribution in [0.15, 0.2) is 0 Å². The van der Waals surface area contributed by atoms with Crippen molar-refractivity contribution in [2.75, 3.05) is 6.61 Å². The smallest absolute Gasteiger partial charge is 0.302 e. The van der Waals surface area contributed by atoms with Crippen molar-refractivity contribution in [2.24, 2.45) is 5.92 Å². The van der Waals surface area contributed by atoms with E-state index in [-0.39, 0.29) is 5.97 Å². The quantitative estimate of drug-likeness (QED) is 0.552. The summed E-state index contributed by atoms with van der Waals surface area (Å²) in [5, 5.41) is 15.7. The van der Waals surface area contributed by atoms with Gasteiger partial charge in [-0.1, -0.05) is 0 Å². The van der Waals surface area contributed by atoms with Crippen LogP contribution in [-0.4, -0.2) is 12.6 Å². The number of esters is 1. The second kappa shape index (κ2) is 9.45. The topological polar surface area (TPSA) is 73.9 Å². The van der Waals surface area contributed by atoms with Crippen LogP contribution in [0.4, 0.5) is 0 Å². The van der Waals surface area contributed by atoms with Crippen LogP contribution in [-0.2, 0) is 9.53 Å². The molecule has 0 saturated carbocycles. The lowest BCUT2D eigenvalue weighted by molar-refractivity contribution is -0.140. The molecule has 0 spiro atoms. The average molecular weight is 168 g/mol. The molecule has 12 heavy (non-hydrogen) atoms. The Morgan fingerprint density at radius 2 is 1.92 bits per heavy atom. The summed E-state index contributed by atoms with van der Waals surface area (Å²) in [6.07, 6.45) is 0. The monoisotopic (exact) mass is 168 g/mol. The first-order valence-electron chi connectivity index (χ1n) is 3.51. The van der Waals surface area contributed by atoms with Gasteiger partial charge in [0.25, 0.3) is 0 Å². The third kappa shape index (κ3) is 15.8. The molecular weight excluding hydrogens is 156 g/mol. The van der Waals surface area contributed by atoms with Crippen molar-refractivity contribution in [3.63, 3.8) is 0 Å². The van der Waals surface area contributed by atoms with Gasteiger partial charge in [-0.15, -0.1) is 0 Å². The molecule has 0 unspecified atom stereocenters. The highest BCUT2D eigenvalue weighted by Gasteiger charge is 1.88. The van der Waals surface area contributed by atoms with Gasteiger partial charge in [0.15, 0.2) is 0 Å². The molecule has 4 heteroatoms. The first-order chi connectivity index (χ1) is 5.58. The zero-order chi connectivity index (χ0) is 9.98. The molecule has 0 aliphatic rings. The molecule has 0 aromatic rings. The molecule has 0 amide bonds. The molecule has 0 saturated heterocycles. The van der Waals surface area contributed by atoms with Crippen molar-refractivity contribution in [1.82, 2.24) is 0 Å². The second-order valence-corrected chi connectivity index (χ2v) is 1.90. The van der Waals surface area contributed by atoms with Gasteiger partial charge in [0.2, 0.25) is 0 Å². The van der Waals surface area contributed by atoms with Crippen LogP contribution in [0.1, 0.15) is 20.8 Å². The minimum absolute atomic E-state index is 0.211. The van der Waals surface area contributed by atoms with Crippen molar-refractivity contribution >= 4 is 5.97 Å². The molecule has 0 radical (unpaired) electrons. The molecule has 0 aromatic heterocycles. The Morgan fingerprint density at radius 1 is 1.50 bits per heavy atom. The van der Waals surface area contributed by atoms with Crippen LogP contribution in [0.5, 0.6) is 0 Å². The fraction of sp³-hybridized carbons (Fsp3) is 0.625. The van der Waals surface area contributed by atoms with E-state index in [2.05, 4.69) is 4.74 Å². The highest BCUT2D eigenvalue weighted by atomic mass is 16.5. The number of carbonyl (C=O) groups excluding carboxylic acids is 1. The van der Waals surface area contributed by atoms with Gasteiger partial charge in [0.05, 0.1) is 18.7 Å². The first kappa shape index (κ1) is 13.1. The largest absolute Gasteiger partial charge is 0.466 e. The molecule has 0 bridgehead atoms. The normalized spacial score (nSPS) is 7.17. The van der Waals surface area contributed by atoms with Crippen LogP contribution >= 0.6 is 0 Å². The Kier molecular flexibility index (Phi) is 10.3. The molecular formula is C8H12N2O2. The van der Waals surface area contributed by atoms with Gasteiger partial charge in [-0.05, 0) is 13.8 Å². The SMILES string of the molecule is CC(C#N)C#N.CCOC(C)=O. The lowest BCUT2D eigenvalue weighted by Gasteiger charge is -1.89. The molecule has 0 fully saturated rings. The highest BCUT2D eigenvalue weighted by Crippen LogP contribution is 1.82. The lowest BCUT2D eigenvalue weighted by Crippen LogP contribution is -1.95. The van der Waals surface area contributed by atoms with Gasteiger partial charge in [0, 0.05) is 6.92 Å². The summed E-state index contributed by atoms with van der Waals surface area (Å²) in [5.41, 5.74) is 0. The number of carbonyl (C=O) groups is 1. The maximum Gasteiger partial charge on any atom is 0.302 e. The van der Waals surface area contributed by atoms with Crippen molar-refractivity contribution in [3.8, 4) is 12.1 Å². The van der Waals surface area contributed by atoms with Crippen LogP contribution in [0.2, 0.25) is 0 Å². The van der Waals surface area contributed by atoms with Gasteiger partial charge in [-0.3, -0.25) is 4.79 Å². The van der Waals surface area contributed by atoms with Crippen molar-refractivity contribution in [1.29, 1.82) is 10.5 Å². The Morgan fingerprint density at radius 3 is 1.92 bits per heavy atom. The Bertz CT molecular complexity index is 186.